The zero-order valence-electron chi connectivity index (χ0n) is 9.18. The first-order valence-corrected chi connectivity index (χ1v) is 6.74. The third-order valence-corrected chi connectivity index (χ3v) is 3.14. The molecule has 0 unspecified atom stereocenters. The summed E-state index contributed by atoms with van der Waals surface area (Å²) in [6, 6.07) is 4.65. The van der Waals surface area contributed by atoms with Crippen LogP contribution < -0.4 is 0 Å². The predicted molar refractivity (Wildman–Crippen MR) is 71.8 cm³/mol. The second-order valence-corrected chi connectivity index (χ2v) is 5.16. The summed E-state index contributed by atoms with van der Waals surface area (Å²) in [7, 11) is 0. The highest BCUT2D eigenvalue weighted by molar-refractivity contribution is 9.10. The molecule has 0 saturated carbocycles. The Labute approximate surface area is 122 Å². The van der Waals surface area contributed by atoms with E-state index in [0.717, 1.165) is 4.90 Å². The van der Waals surface area contributed by atoms with E-state index < -0.39 is 18.9 Å². The number of carbonyl (C=O) groups excluding carboxylic acids is 1. The fraction of sp³-hybridized carbons (Fsp3) is 0.364. The SMILES string of the molecule is O=C(c1ccc(Br)cc1Cl)N(CCCl)CC(F)F. The van der Waals surface area contributed by atoms with Crippen LogP contribution in [0.2, 0.25) is 5.02 Å². The van der Waals surface area contributed by atoms with Gasteiger partial charge in [-0.05, 0) is 18.2 Å². The molecule has 0 aromatic heterocycles. The molecular weight excluding hydrogens is 351 g/mol. The van der Waals surface area contributed by atoms with Crippen molar-refractivity contribution in [2.45, 2.75) is 6.43 Å². The Morgan fingerprint density at radius 2 is 2.11 bits per heavy atom. The number of alkyl halides is 3. The predicted octanol–water partition coefficient (Wildman–Crippen LogP) is 4.05. The molecule has 0 aliphatic carbocycles. The van der Waals surface area contributed by atoms with Crippen molar-refractivity contribution in [2.75, 3.05) is 19.0 Å². The lowest BCUT2D eigenvalue weighted by Gasteiger charge is -2.21. The van der Waals surface area contributed by atoms with Crippen molar-refractivity contribution in [3.63, 3.8) is 0 Å². The van der Waals surface area contributed by atoms with Gasteiger partial charge in [-0.3, -0.25) is 4.79 Å². The van der Waals surface area contributed by atoms with E-state index in [1.807, 2.05) is 0 Å². The maximum atomic E-state index is 12.4. The lowest BCUT2D eigenvalue weighted by molar-refractivity contribution is 0.0571. The van der Waals surface area contributed by atoms with Crippen LogP contribution >= 0.6 is 39.1 Å². The number of nitrogens with zero attached hydrogens (tertiary/aromatic N) is 1. The molecule has 0 aliphatic heterocycles. The highest BCUT2D eigenvalue weighted by Gasteiger charge is 2.21. The Hall–Kier alpha value is -0.390. The van der Waals surface area contributed by atoms with E-state index >= 15 is 0 Å². The fourth-order valence-corrected chi connectivity index (χ4v) is 2.34. The van der Waals surface area contributed by atoms with Crippen LogP contribution in [0.4, 0.5) is 8.78 Å². The Kier molecular flexibility index (Phi) is 6.32. The highest BCUT2D eigenvalue weighted by atomic mass is 79.9. The van der Waals surface area contributed by atoms with Gasteiger partial charge < -0.3 is 4.90 Å². The van der Waals surface area contributed by atoms with E-state index in [-0.39, 0.29) is 23.0 Å². The molecule has 1 aromatic rings. The van der Waals surface area contributed by atoms with Crippen molar-refractivity contribution in [2.24, 2.45) is 0 Å². The molecule has 1 rings (SSSR count). The Morgan fingerprint density at radius 1 is 1.44 bits per heavy atom. The molecule has 18 heavy (non-hydrogen) atoms. The molecule has 0 spiro atoms. The van der Waals surface area contributed by atoms with Crippen molar-refractivity contribution < 1.29 is 13.6 Å². The first-order chi connectivity index (χ1) is 8.45. The monoisotopic (exact) mass is 359 g/mol. The molecular formula is C11H10BrCl2F2NO. The molecule has 0 N–H and O–H groups in total. The first-order valence-electron chi connectivity index (χ1n) is 5.04. The standard InChI is InChI=1S/C11H10BrCl2F2NO/c12-7-1-2-8(9(14)5-7)11(18)17(4-3-13)6-10(15)16/h1-2,5,10H,3-4,6H2. The Balaban J connectivity index is 2.94. The van der Waals surface area contributed by atoms with Crippen LogP contribution in [0, 0.1) is 0 Å². The van der Waals surface area contributed by atoms with E-state index in [2.05, 4.69) is 15.9 Å². The van der Waals surface area contributed by atoms with Crippen molar-refractivity contribution in [3.8, 4) is 0 Å². The summed E-state index contributed by atoms with van der Waals surface area (Å²) in [4.78, 5) is 13.0. The van der Waals surface area contributed by atoms with Gasteiger partial charge in [0, 0.05) is 16.9 Å². The van der Waals surface area contributed by atoms with Crippen molar-refractivity contribution in [1.82, 2.24) is 4.90 Å². The lowest BCUT2D eigenvalue weighted by Crippen LogP contribution is -2.36. The minimum Gasteiger partial charge on any atom is -0.332 e. The van der Waals surface area contributed by atoms with E-state index in [1.54, 1.807) is 6.07 Å². The molecule has 100 valence electrons. The van der Waals surface area contributed by atoms with Gasteiger partial charge in [0.05, 0.1) is 17.1 Å². The van der Waals surface area contributed by atoms with Gasteiger partial charge >= 0.3 is 0 Å². The number of hydrogen-bond acceptors (Lipinski definition) is 1. The summed E-state index contributed by atoms with van der Waals surface area (Å²) in [6.07, 6.45) is -2.61. The first kappa shape index (κ1) is 15.7. The molecule has 0 aliphatic rings. The van der Waals surface area contributed by atoms with Gasteiger partial charge in [-0.1, -0.05) is 27.5 Å². The average Bonchev–Trinajstić information content (AvgIpc) is 2.27. The van der Waals surface area contributed by atoms with Crippen molar-refractivity contribution in [1.29, 1.82) is 0 Å². The zero-order valence-corrected chi connectivity index (χ0v) is 12.3. The highest BCUT2D eigenvalue weighted by Crippen LogP contribution is 2.23. The average molecular weight is 361 g/mol. The normalized spacial score (nSPS) is 10.8. The van der Waals surface area contributed by atoms with Gasteiger partial charge in [0.2, 0.25) is 0 Å². The summed E-state index contributed by atoms with van der Waals surface area (Å²) in [5, 5.41) is 0.211. The third-order valence-electron chi connectivity index (χ3n) is 2.16. The molecule has 2 nitrogen and oxygen atoms in total. The molecule has 0 radical (unpaired) electrons. The topological polar surface area (TPSA) is 20.3 Å². The molecule has 1 aromatic carbocycles. The fourth-order valence-electron chi connectivity index (χ4n) is 1.38. The quantitative estimate of drug-likeness (QED) is 0.725. The molecule has 1 amide bonds. The lowest BCUT2D eigenvalue weighted by atomic mass is 10.2. The van der Waals surface area contributed by atoms with Crippen LogP contribution in [0.5, 0.6) is 0 Å². The molecule has 0 heterocycles. The van der Waals surface area contributed by atoms with Crippen LogP contribution in [0.25, 0.3) is 0 Å². The van der Waals surface area contributed by atoms with E-state index in [0.29, 0.717) is 4.47 Å². The molecule has 0 saturated heterocycles. The summed E-state index contributed by atoms with van der Waals surface area (Å²) >= 11 is 14.6. The van der Waals surface area contributed by atoms with Crippen LogP contribution in [0.15, 0.2) is 22.7 Å². The van der Waals surface area contributed by atoms with E-state index in [1.165, 1.54) is 12.1 Å². The molecule has 0 fully saturated rings. The van der Waals surface area contributed by atoms with Gasteiger partial charge in [0.25, 0.3) is 12.3 Å². The zero-order chi connectivity index (χ0) is 13.7. The summed E-state index contributed by atoms with van der Waals surface area (Å²) in [6.45, 7) is -0.602. The number of rotatable bonds is 5. The Morgan fingerprint density at radius 3 is 2.61 bits per heavy atom. The van der Waals surface area contributed by atoms with Gasteiger partial charge in [-0.25, -0.2) is 8.78 Å². The number of benzene rings is 1. The summed E-state index contributed by atoms with van der Waals surface area (Å²) in [5.74, 6) is -0.458. The summed E-state index contributed by atoms with van der Waals surface area (Å²) < 4.78 is 25.5. The van der Waals surface area contributed by atoms with E-state index in [4.69, 9.17) is 23.2 Å². The smallest absolute Gasteiger partial charge is 0.255 e. The van der Waals surface area contributed by atoms with Crippen LogP contribution in [0.1, 0.15) is 10.4 Å². The maximum Gasteiger partial charge on any atom is 0.255 e. The van der Waals surface area contributed by atoms with E-state index in [9.17, 15) is 13.6 Å². The van der Waals surface area contributed by atoms with Crippen LogP contribution in [0.3, 0.4) is 0 Å². The minimum atomic E-state index is -2.61. The third kappa shape index (κ3) is 4.37. The molecule has 0 bridgehead atoms. The van der Waals surface area contributed by atoms with Crippen LogP contribution in [-0.4, -0.2) is 36.2 Å². The second-order valence-electron chi connectivity index (χ2n) is 3.46. The number of amides is 1. The number of carbonyl (C=O) groups is 1. The van der Waals surface area contributed by atoms with Gasteiger partial charge in [0.15, 0.2) is 0 Å². The number of hydrogen-bond donors (Lipinski definition) is 0. The second kappa shape index (κ2) is 7.26. The Bertz CT molecular complexity index is 432. The van der Waals surface area contributed by atoms with Crippen LogP contribution in [-0.2, 0) is 0 Å². The number of halogens is 5. The summed E-state index contributed by atoms with van der Waals surface area (Å²) in [5.41, 5.74) is 0.186. The van der Waals surface area contributed by atoms with Gasteiger partial charge in [-0.15, -0.1) is 11.6 Å². The van der Waals surface area contributed by atoms with Gasteiger partial charge in [-0.2, -0.15) is 0 Å². The van der Waals surface area contributed by atoms with Gasteiger partial charge in [0.1, 0.15) is 0 Å². The van der Waals surface area contributed by atoms with Crippen molar-refractivity contribution in [3.05, 3.63) is 33.3 Å². The minimum absolute atomic E-state index is 0.0527. The van der Waals surface area contributed by atoms with Crippen molar-refractivity contribution >= 4 is 45.0 Å². The molecule has 0 atom stereocenters. The largest absolute Gasteiger partial charge is 0.332 e. The maximum absolute atomic E-state index is 12.4. The molecule has 7 heteroatoms.